The largest absolute Gasteiger partial charge is 0.337 e. The summed E-state index contributed by atoms with van der Waals surface area (Å²) in [6.07, 6.45) is 0.280. The fourth-order valence-electron chi connectivity index (χ4n) is 3.73. The summed E-state index contributed by atoms with van der Waals surface area (Å²) < 4.78 is 66.7. The molecule has 3 aromatic carbocycles. The van der Waals surface area contributed by atoms with E-state index < -0.39 is 36.8 Å². The van der Waals surface area contributed by atoms with E-state index in [4.69, 9.17) is 11.6 Å². The average Bonchev–Trinajstić information content (AvgIpc) is 3.30. The van der Waals surface area contributed by atoms with Crippen molar-refractivity contribution in [1.29, 1.82) is 0 Å². The Morgan fingerprint density at radius 2 is 1.65 bits per heavy atom. The van der Waals surface area contributed by atoms with Crippen molar-refractivity contribution in [2.75, 3.05) is 17.8 Å². The zero-order valence-electron chi connectivity index (χ0n) is 17.7. The molecule has 1 unspecified atom stereocenters. The number of halogens is 2. The number of carbonyl (C=O) groups excluding carboxylic acids is 1. The highest BCUT2D eigenvalue weighted by Gasteiger charge is 2.36. The summed E-state index contributed by atoms with van der Waals surface area (Å²) >= 11 is 5.84. The third-order valence-electron chi connectivity index (χ3n) is 5.48. The van der Waals surface area contributed by atoms with Gasteiger partial charge in [-0.3, -0.25) is 9.52 Å². The molecule has 0 saturated carbocycles. The van der Waals surface area contributed by atoms with Crippen LogP contribution in [0, 0.1) is 5.82 Å². The van der Waals surface area contributed by atoms with Crippen LogP contribution < -0.4 is 4.72 Å². The molecule has 1 saturated heterocycles. The topological polar surface area (TPSA) is 101 Å². The molecule has 1 heterocycles. The molecule has 1 amide bonds. The number of sulfonamides is 1. The number of hydrogen-bond donors (Lipinski definition) is 1. The smallest absolute Gasteiger partial charge is 0.261 e. The molecule has 1 fully saturated rings. The van der Waals surface area contributed by atoms with Crippen LogP contribution in [0.5, 0.6) is 0 Å². The number of nitrogens with one attached hydrogen (secondary N) is 1. The minimum atomic E-state index is -4.06. The molecule has 4 rings (SSSR count). The van der Waals surface area contributed by atoms with E-state index in [0.29, 0.717) is 5.02 Å². The van der Waals surface area contributed by atoms with Gasteiger partial charge in [0, 0.05) is 29.4 Å². The molecule has 7 nitrogen and oxygen atoms in total. The van der Waals surface area contributed by atoms with Gasteiger partial charge in [-0.05, 0) is 67.1 Å². The molecule has 1 aliphatic heterocycles. The maximum Gasteiger partial charge on any atom is 0.261 e. The van der Waals surface area contributed by atoms with Crippen LogP contribution >= 0.6 is 11.6 Å². The summed E-state index contributed by atoms with van der Waals surface area (Å²) in [6, 6.07) is 16.3. The lowest BCUT2D eigenvalue weighted by Crippen LogP contribution is -2.32. The molecule has 0 aromatic heterocycles. The van der Waals surface area contributed by atoms with Crippen molar-refractivity contribution in [3.63, 3.8) is 0 Å². The molecule has 3 aromatic rings. The molecule has 0 bridgehead atoms. The van der Waals surface area contributed by atoms with Gasteiger partial charge in [0.15, 0.2) is 9.84 Å². The number of hydrogen-bond acceptors (Lipinski definition) is 5. The highest BCUT2D eigenvalue weighted by Crippen LogP contribution is 2.27. The van der Waals surface area contributed by atoms with Gasteiger partial charge in [0.2, 0.25) is 0 Å². The van der Waals surface area contributed by atoms with Gasteiger partial charge in [-0.2, -0.15) is 0 Å². The van der Waals surface area contributed by atoms with Gasteiger partial charge in [-0.15, -0.1) is 0 Å². The molecule has 11 heteroatoms. The molecule has 1 N–H and O–H groups in total. The zero-order chi connectivity index (χ0) is 24.5. The minimum Gasteiger partial charge on any atom is -0.337 e. The number of benzene rings is 3. The summed E-state index contributed by atoms with van der Waals surface area (Å²) in [4.78, 5) is 14.3. The summed E-state index contributed by atoms with van der Waals surface area (Å²) in [6.45, 7) is 0.263. The Labute approximate surface area is 202 Å². The number of carbonyl (C=O) groups is 1. The molecule has 1 atom stereocenters. The average molecular weight is 523 g/mol. The van der Waals surface area contributed by atoms with E-state index >= 15 is 0 Å². The van der Waals surface area contributed by atoms with E-state index in [0.717, 1.165) is 12.1 Å². The highest BCUT2D eigenvalue weighted by molar-refractivity contribution is 7.92. The lowest BCUT2D eigenvalue weighted by molar-refractivity contribution is 0.0793. The van der Waals surface area contributed by atoms with Crippen molar-refractivity contribution in [2.45, 2.75) is 21.5 Å². The Morgan fingerprint density at radius 3 is 2.35 bits per heavy atom. The molecule has 0 radical (unpaired) electrons. The fraction of sp³-hybridized carbons (Fsp3) is 0.174. The van der Waals surface area contributed by atoms with Crippen molar-refractivity contribution in [3.8, 4) is 0 Å². The Balaban J connectivity index is 1.49. The Kier molecular flexibility index (Phi) is 6.66. The first-order chi connectivity index (χ1) is 16.1. The predicted octanol–water partition coefficient (Wildman–Crippen LogP) is 3.97. The number of nitrogens with zero attached hydrogens (tertiary/aromatic N) is 1. The Bertz CT molecular complexity index is 1440. The van der Waals surface area contributed by atoms with Gasteiger partial charge in [0.1, 0.15) is 5.82 Å². The second kappa shape index (κ2) is 9.36. The van der Waals surface area contributed by atoms with Crippen LogP contribution in [0.3, 0.4) is 0 Å². The summed E-state index contributed by atoms with van der Waals surface area (Å²) in [5.41, 5.74) is 0.323. The standard InChI is InChI=1S/C23H20ClFN2O5S2/c24-17-7-9-20(10-8-17)33(29,30)22-11-12-27(15-22)23(28)16-3-1-5-19(13-16)26-34(31,32)21-6-2-4-18(25)14-21/h1-10,13-14,22,26H,11-12,15H2. The first-order valence-electron chi connectivity index (χ1n) is 10.2. The van der Waals surface area contributed by atoms with Crippen LogP contribution in [0.25, 0.3) is 0 Å². The van der Waals surface area contributed by atoms with Crippen LogP contribution in [0.15, 0.2) is 82.6 Å². The molecule has 0 aliphatic carbocycles. The summed E-state index contributed by atoms with van der Waals surface area (Å²) in [5.74, 6) is -1.11. The Morgan fingerprint density at radius 1 is 0.941 bits per heavy atom. The SMILES string of the molecule is O=C(c1cccc(NS(=O)(=O)c2cccc(F)c2)c1)N1CCC(S(=O)(=O)c2ccc(Cl)cc2)C1. The van der Waals surface area contributed by atoms with Gasteiger partial charge in [-0.25, -0.2) is 21.2 Å². The van der Waals surface area contributed by atoms with Crippen LogP contribution in [-0.2, 0) is 19.9 Å². The van der Waals surface area contributed by atoms with Gasteiger partial charge < -0.3 is 4.90 Å². The van der Waals surface area contributed by atoms with Crippen LogP contribution in [0.2, 0.25) is 5.02 Å². The van der Waals surface area contributed by atoms with Gasteiger partial charge in [0.05, 0.1) is 15.0 Å². The quantitative estimate of drug-likeness (QED) is 0.528. The number of sulfone groups is 1. The molecule has 1 aliphatic rings. The van der Waals surface area contributed by atoms with E-state index in [1.165, 1.54) is 65.6 Å². The summed E-state index contributed by atoms with van der Waals surface area (Å²) in [5, 5.41) is -0.331. The van der Waals surface area contributed by atoms with E-state index in [-0.39, 0.29) is 40.6 Å². The third-order valence-corrected chi connectivity index (χ3v) is 9.30. The monoisotopic (exact) mass is 522 g/mol. The summed E-state index contributed by atoms with van der Waals surface area (Å²) in [7, 11) is -7.71. The normalized spacial score (nSPS) is 16.4. The van der Waals surface area contributed by atoms with E-state index in [1.807, 2.05) is 0 Å². The second-order valence-electron chi connectivity index (χ2n) is 7.80. The lowest BCUT2D eigenvalue weighted by atomic mass is 10.2. The predicted molar refractivity (Wildman–Crippen MR) is 127 cm³/mol. The first kappa shape index (κ1) is 24.2. The molecule has 178 valence electrons. The van der Waals surface area contributed by atoms with E-state index in [9.17, 15) is 26.0 Å². The highest BCUT2D eigenvalue weighted by atomic mass is 35.5. The number of anilines is 1. The third kappa shape index (κ3) is 5.08. The maximum atomic E-state index is 13.4. The maximum absolute atomic E-state index is 13.4. The number of amides is 1. The van der Waals surface area contributed by atoms with E-state index in [1.54, 1.807) is 0 Å². The molecular formula is C23H20ClFN2O5S2. The minimum absolute atomic E-state index is 0.0169. The molecule has 0 spiro atoms. The Hall–Kier alpha value is -2.95. The van der Waals surface area contributed by atoms with Crippen LogP contribution in [0.1, 0.15) is 16.8 Å². The zero-order valence-corrected chi connectivity index (χ0v) is 20.1. The van der Waals surface area contributed by atoms with Crippen molar-refractivity contribution >= 4 is 43.1 Å². The van der Waals surface area contributed by atoms with Crippen molar-refractivity contribution in [3.05, 3.63) is 89.2 Å². The number of likely N-dealkylation sites (tertiary alicyclic amines) is 1. The number of rotatable bonds is 6. The molecule has 34 heavy (non-hydrogen) atoms. The fourth-order valence-corrected chi connectivity index (χ4v) is 6.63. The first-order valence-corrected chi connectivity index (χ1v) is 13.6. The van der Waals surface area contributed by atoms with Crippen molar-refractivity contribution < 1.29 is 26.0 Å². The molecular weight excluding hydrogens is 503 g/mol. The lowest BCUT2D eigenvalue weighted by Gasteiger charge is -2.17. The second-order valence-corrected chi connectivity index (χ2v) is 12.2. The van der Waals surface area contributed by atoms with Gasteiger partial charge >= 0.3 is 0 Å². The van der Waals surface area contributed by atoms with Crippen LogP contribution in [0.4, 0.5) is 10.1 Å². The van der Waals surface area contributed by atoms with Crippen LogP contribution in [-0.4, -0.2) is 46.0 Å². The van der Waals surface area contributed by atoms with Crippen molar-refractivity contribution in [2.24, 2.45) is 0 Å². The van der Waals surface area contributed by atoms with Gasteiger partial charge in [0.25, 0.3) is 15.9 Å². The van der Waals surface area contributed by atoms with Gasteiger partial charge in [-0.1, -0.05) is 23.7 Å². The van der Waals surface area contributed by atoms with Crippen molar-refractivity contribution in [1.82, 2.24) is 4.90 Å². The van der Waals surface area contributed by atoms with E-state index in [2.05, 4.69) is 4.72 Å².